The summed E-state index contributed by atoms with van der Waals surface area (Å²) < 4.78 is 0. The molecule has 1 aromatic carbocycles. The van der Waals surface area contributed by atoms with Crippen LogP contribution >= 0.6 is 22.9 Å². The zero-order chi connectivity index (χ0) is 17.1. The molecular formula is C17H15ClN4OS. The SMILES string of the molecule is CC(=NNC(=O)c1cc(-c2ccc(C)s2)[nH]n1)c1ccc(Cl)cc1. The van der Waals surface area contributed by atoms with E-state index in [4.69, 9.17) is 11.6 Å². The van der Waals surface area contributed by atoms with Crippen molar-refractivity contribution in [1.82, 2.24) is 15.6 Å². The van der Waals surface area contributed by atoms with Crippen LogP contribution in [0.25, 0.3) is 10.6 Å². The average Bonchev–Trinajstić information content (AvgIpc) is 3.22. The Balaban J connectivity index is 1.70. The Labute approximate surface area is 148 Å². The van der Waals surface area contributed by atoms with Gasteiger partial charge in [0.2, 0.25) is 0 Å². The molecule has 24 heavy (non-hydrogen) atoms. The number of benzene rings is 1. The first-order valence-corrected chi connectivity index (χ1v) is 8.45. The third kappa shape index (κ3) is 3.72. The van der Waals surface area contributed by atoms with Gasteiger partial charge in [-0.15, -0.1) is 11.3 Å². The smallest absolute Gasteiger partial charge is 0.276 e. The molecule has 7 heteroatoms. The summed E-state index contributed by atoms with van der Waals surface area (Å²) in [7, 11) is 0. The number of carbonyl (C=O) groups is 1. The number of aromatic nitrogens is 2. The number of nitrogens with zero attached hydrogens (tertiary/aromatic N) is 2. The molecule has 122 valence electrons. The van der Waals surface area contributed by atoms with Crippen molar-refractivity contribution >= 4 is 34.6 Å². The van der Waals surface area contributed by atoms with Crippen LogP contribution in [0.4, 0.5) is 0 Å². The predicted octanol–water partition coefficient (Wildman–Crippen LogP) is 4.25. The van der Waals surface area contributed by atoms with E-state index in [2.05, 4.69) is 20.7 Å². The first-order chi connectivity index (χ1) is 11.5. The summed E-state index contributed by atoms with van der Waals surface area (Å²) in [5, 5.41) is 11.7. The Morgan fingerprint density at radius 1 is 1.25 bits per heavy atom. The number of thiophene rings is 1. The van der Waals surface area contributed by atoms with Crippen molar-refractivity contribution < 1.29 is 4.79 Å². The number of halogens is 1. The van der Waals surface area contributed by atoms with Crippen molar-refractivity contribution in [2.45, 2.75) is 13.8 Å². The molecule has 0 spiro atoms. The molecule has 0 fully saturated rings. The maximum atomic E-state index is 12.2. The molecule has 0 aliphatic rings. The van der Waals surface area contributed by atoms with Crippen LogP contribution in [-0.2, 0) is 0 Å². The molecule has 2 aromatic heterocycles. The highest BCUT2D eigenvalue weighted by Crippen LogP contribution is 2.26. The van der Waals surface area contributed by atoms with Gasteiger partial charge in [0, 0.05) is 9.90 Å². The van der Waals surface area contributed by atoms with Gasteiger partial charge in [-0.2, -0.15) is 10.2 Å². The van der Waals surface area contributed by atoms with Crippen LogP contribution in [0.2, 0.25) is 5.02 Å². The number of aryl methyl sites for hydroxylation is 1. The highest BCUT2D eigenvalue weighted by molar-refractivity contribution is 7.15. The van der Waals surface area contributed by atoms with Gasteiger partial charge in [0.25, 0.3) is 5.91 Å². The van der Waals surface area contributed by atoms with Gasteiger partial charge in [0.15, 0.2) is 5.69 Å². The van der Waals surface area contributed by atoms with Crippen LogP contribution in [0.1, 0.15) is 27.9 Å². The molecule has 2 heterocycles. The fraction of sp³-hybridized carbons (Fsp3) is 0.118. The van der Waals surface area contributed by atoms with Crippen molar-refractivity contribution in [3.05, 3.63) is 63.6 Å². The largest absolute Gasteiger partial charge is 0.291 e. The van der Waals surface area contributed by atoms with E-state index < -0.39 is 0 Å². The first kappa shape index (κ1) is 16.4. The summed E-state index contributed by atoms with van der Waals surface area (Å²) in [4.78, 5) is 14.4. The Morgan fingerprint density at radius 3 is 2.67 bits per heavy atom. The van der Waals surface area contributed by atoms with Crippen LogP contribution < -0.4 is 5.43 Å². The molecule has 0 unspecified atom stereocenters. The van der Waals surface area contributed by atoms with Gasteiger partial charge in [-0.05, 0) is 49.7 Å². The number of nitrogens with one attached hydrogen (secondary N) is 2. The third-order valence-corrected chi connectivity index (χ3v) is 4.69. The van der Waals surface area contributed by atoms with Gasteiger partial charge < -0.3 is 0 Å². The zero-order valence-corrected chi connectivity index (χ0v) is 14.7. The molecule has 0 atom stereocenters. The summed E-state index contributed by atoms with van der Waals surface area (Å²) in [5.41, 5.74) is 5.20. The number of hydrogen-bond acceptors (Lipinski definition) is 4. The summed E-state index contributed by atoms with van der Waals surface area (Å²) in [6.45, 7) is 3.85. The van der Waals surface area contributed by atoms with E-state index in [-0.39, 0.29) is 5.91 Å². The van der Waals surface area contributed by atoms with E-state index in [0.717, 1.165) is 16.1 Å². The third-order valence-electron chi connectivity index (χ3n) is 3.40. The van der Waals surface area contributed by atoms with Crippen LogP contribution in [0.3, 0.4) is 0 Å². The molecule has 0 aliphatic carbocycles. The minimum Gasteiger partial charge on any atom is -0.276 e. The number of carbonyl (C=O) groups excluding carboxylic acids is 1. The van der Waals surface area contributed by atoms with Crippen LogP contribution in [0, 0.1) is 6.92 Å². The summed E-state index contributed by atoms with van der Waals surface area (Å²) in [6, 6.07) is 13.0. The van der Waals surface area contributed by atoms with Crippen LogP contribution in [0.15, 0.2) is 47.6 Å². The molecule has 3 rings (SSSR count). The second-order valence-corrected chi connectivity index (χ2v) is 6.95. The van der Waals surface area contributed by atoms with E-state index in [1.165, 1.54) is 4.88 Å². The lowest BCUT2D eigenvalue weighted by atomic mass is 10.1. The van der Waals surface area contributed by atoms with Gasteiger partial charge >= 0.3 is 0 Å². The first-order valence-electron chi connectivity index (χ1n) is 7.26. The van der Waals surface area contributed by atoms with Gasteiger partial charge in [-0.1, -0.05) is 23.7 Å². The van der Waals surface area contributed by atoms with Crippen LogP contribution in [0.5, 0.6) is 0 Å². The molecule has 0 saturated carbocycles. The molecule has 2 N–H and O–H groups in total. The summed E-state index contributed by atoms with van der Waals surface area (Å²) in [5.74, 6) is -0.362. The summed E-state index contributed by atoms with van der Waals surface area (Å²) >= 11 is 7.50. The maximum Gasteiger partial charge on any atom is 0.291 e. The number of amides is 1. The Hall–Kier alpha value is -2.44. The zero-order valence-electron chi connectivity index (χ0n) is 13.1. The fourth-order valence-electron chi connectivity index (χ4n) is 2.09. The standard InChI is InChI=1S/C17H15ClN4OS/c1-10-3-8-16(24-10)14-9-15(21-20-14)17(23)22-19-11(2)12-4-6-13(18)7-5-12/h3-9H,1-2H3,(H,20,21)(H,22,23). The van der Waals surface area contributed by atoms with E-state index in [1.807, 2.05) is 38.1 Å². The molecule has 5 nitrogen and oxygen atoms in total. The van der Waals surface area contributed by atoms with Gasteiger partial charge in [0.1, 0.15) is 0 Å². The monoisotopic (exact) mass is 358 g/mol. The van der Waals surface area contributed by atoms with E-state index >= 15 is 0 Å². The second kappa shape index (κ2) is 6.98. The molecule has 0 radical (unpaired) electrons. The lowest BCUT2D eigenvalue weighted by Crippen LogP contribution is -2.19. The Kier molecular flexibility index (Phi) is 4.78. The Bertz CT molecular complexity index is 895. The average molecular weight is 359 g/mol. The highest BCUT2D eigenvalue weighted by atomic mass is 35.5. The van der Waals surface area contributed by atoms with Crippen molar-refractivity contribution in [3.8, 4) is 10.6 Å². The van der Waals surface area contributed by atoms with E-state index in [1.54, 1.807) is 29.5 Å². The molecule has 3 aromatic rings. The van der Waals surface area contributed by atoms with Crippen LogP contribution in [-0.4, -0.2) is 21.8 Å². The molecule has 1 amide bonds. The van der Waals surface area contributed by atoms with Crippen molar-refractivity contribution in [2.75, 3.05) is 0 Å². The molecular weight excluding hydrogens is 344 g/mol. The van der Waals surface area contributed by atoms with Crippen molar-refractivity contribution in [3.63, 3.8) is 0 Å². The minimum absolute atomic E-state index is 0.295. The van der Waals surface area contributed by atoms with Gasteiger partial charge in [-0.3, -0.25) is 9.89 Å². The molecule has 0 aliphatic heterocycles. The number of hydrogen-bond donors (Lipinski definition) is 2. The predicted molar refractivity (Wildman–Crippen MR) is 97.8 cm³/mol. The maximum absolute atomic E-state index is 12.2. The van der Waals surface area contributed by atoms with Gasteiger partial charge in [-0.25, -0.2) is 5.43 Å². The van der Waals surface area contributed by atoms with Gasteiger partial charge in [0.05, 0.1) is 16.3 Å². The Morgan fingerprint density at radius 2 is 2.00 bits per heavy atom. The van der Waals surface area contributed by atoms with E-state index in [9.17, 15) is 4.79 Å². The normalized spacial score (nSPS) is 11.5. The van der Waals surface area contributed by atoms with Crippen molar-refractivity contribution in [2.24, 2.45) is 5.10 Å². The lowest BCUT2D eigenvalue weighted by Gasteiger charge is -2.01. The minimum atomic E-state index is -0.362. The van der Waals surface area contributed by atoms with Crippen molar-refractivity contribution in [1.29, 1.82) is 0 Å². The quantitative estimate of drug-likeness (QED) is 0.540. The topological polar surface area (TPSA) is 70.1 Å². The van der Waals surface area contributed by atoms with E-state index in [0.29, 0.717) is 16.4 Å². The lowest BCUT2D eigenvalue weighted by molar-refractivity contribution is 0.0950. The molecule has 0 bridgehead atoms. The second-order valence-electron chi connectivity index (χ2n) is 5.22. The number of hydrazone groups is 1. The number of H-pyrrole nitrogens is 1. The summed E-state index contributed by atoms with van der Waals surface area (Å²) in [6.07, 6.45) is 0. The number of aromatic amines is 1. The number of rotatable bonds is 4. The fourth-order valence-corrected chi connectivity index (χ4v) is 3.05. The highest BCUT2D eigenvalue weighted by Gasteiger charge is 2.12. The molecule has 0 saturated heterocycles.